The van der Waals surface area contributed by atoms with Gasteiger partial charge in [0.1, 0.15) is 11.2 Å². The second-order valence-electron chi connectivity index (χ2n) is 10.2. The van der Waals surface area contributed by atoms with Crippen LogP contribution in [-0.2, 0) is 17.5 Å². The number of anilines is 2. The van der Waals surface area contributed by atoms with E-state index in [-0.39, 0.29) is 5.69 Å². The fourth-order valence-electron chi connectivity index (χ4n) is 4.37. The molecule has 0 saturated heterocycles. The molecule has 206 valence electrons. The summed E-state index contributed by atoms with van der Waals surface area (Å²) >= 11 is 0. The number of hydrogen-bond acceptors (Lipinski definition) is 4. The van der Waals surface area contributed by atoms with E-state index in [1.54, 1.807) is 45.3 Å². The summed E-state index contributed by atoms with van der Waals surface area (Å²) in [5.41, 5.74) is 1.61. The number of alkyl halides is 3. The molecule has 0 saturated carbocycles. The van der Waals surface area contributed by atoms with Crippen LogP contribution in [0.25, 0.3) is 21.9 Å². The van der Waals surface area contributed by atoms with Crippen molar-refractivity contribution in [2.45, 2.75) is 39.1 Å². The lowest BCUT2D eigenvalue weighted by atomic mass is 10.2. The quantitative estimate of drug-likeness (QED) is 0.243. The smallest absolute Gasteiger partial charge is 0.420 e. The van der Waals surface area contributed by atoms with Crippen molar-refractivity contribution in [1.82, 2.24) is 14.1 Å². The van der Waals surface area contributed by atoms with Crippen LogP contribution in [0.1, 0.15) is 31.9 Å². The fourth-order valence-corrected chi connectivity index (χ4v) is 4.37. The summed E-state index contributed by atoms with van der Waals surface area (Å²) in [5.74, 6) is 0. The number of aromatic nitrogens is 3. The van der Waals surface area contributed by atoms with E-state index in [4.69, 9.17) is 4.74 Å². The first-order valence-corrected chi connectivity index (χ1v) is 12.4. The third-order valence-electron chi connectivity index (χ3n) is 6.14. The van der Waals surface area contributed by atoms with E-state index in [1.807, 2.05) is 35.0 Å². The molecule has 40 heavy (non-hydrogen) atoms. The second kappa shape index (κ2) is 10.1. The second-order valence-corrected chi connectivity index (χ2v) is 10.2. The van der Waals surface area contributed by atoms with Gasteiger partial charge in [0.25, 0.3) is 0 Å². The number of nitrogens with zero attached hydrogens (tertiary/aromatic N) is 3. The first-order chi connectivity index (χ1) is 18.9. The van der Waals surface area contributed by atoms with Crippen LogP contribution in [0.3, 0.4) is 0 Å². The summed E-state index contributed by atoms with van der Waals surface area (Å²) < 4.78 is 47.3. The lowest BCUT2D eigenvalue weighted by molar-refractivity contribution is -0.137. The number of ether oxygens (including phenoxy) is 1. The molecule has 0 unspecified atom stereocenters. The van der Waals surface area contributed by atoms with Crippen molar-refractivity contribution in [2.24, 2.45) is 0 Å². The van der Waals surface area contributed by atoms with Crippen LogP contribution in [0.5, 0.6) is 0 Å². The largest absolute Gasteiger partial charge is 0.443 e. The van der Waals surface area contributed by atoms with E-state index in [2.05, 4.69) is 15.6 Å². The Morgan fingerprint density at radius 3 is 2.33 bits per heavy atom. The summed E-state index contributed by atoms with van der Waals surface area (Å²) in [6, 6.07) is 14.7. The Kier molecular flexibility index (Phi) is 6.74. The van der Waals surface area contributed by atoms with Crippen molar-refractivity contribution < 1.29 is 27.5 Å². The molecule has 0 aliphatic carbocycles. The van der Waals surface area contributed by atoms with Gasteiger partial charge >= 0.3 is 18.3 Å². The van der Waals surface area contributed by atoms with Crippen molar-refractivity contribution >= 4 is 45.4 Å². The number of benzene rings is 2. The van der Waals surface area contributed by atoms with E-state index in [1.165, 1.54) is 16.7 Å². The maximum atomic E-state index is 12.8. The molecule has 0 atom stereocenters. The minimum Gasteiger partial charge on any atom is -0.443 e. The predicted molar refractivity (Wildman–Crippen MR) is 146 cm³/mol. The summed E-state index contributed by atoms with van der Waals surface area (Å²) in [6.45, 7) is 5.87. The molecule has 11 heteroatoms. The number of halogens is 3. The van der Waals surface area contributed by atoms with Gasteiger partial charge in [0.05, 0.1) is 16.8 Å². The number of carbonyl (C=O) groups is 2. The zero-order chi connectivity index (χ0) is 28.7. The van der Waals surface area contributed by atoms with Gasteiger partial charge < -0.3 is 19.9 Å². The Hall–Kier alpha value is -4.80. The Morgan fingerprint density at radius 2 is 1.62 bits per heavy atom. The maximum Gasteiger partial charge on any atom is 0.420 e. The van der Waals surface area contributed by atoms with Gasteiger partial charge in [-0.25, -0.2) is 19.1 Å². The van der Waals surface area contributed by atoms with Crippen molar-refractivity contribution in [1.29, 1.82) is 0 Å². The van der Waals surface area contributed by atoms with E-state index in [0.29, 0.717) is 17.9 Å². The van der Waals surface area contributed by atoms with Gasteiger partial charge in [-0.2, -0.15) is 13.2 Å². The van der Waals surface area contributed by atoms with Crippen molar-refractivity contribution in [3.8, 4) is 0 Å². The van der Waals surface area contributed by atoms with Crippen LogP contribution >= 0.6 is 0 Å². The van der Waals surface area contributed by atoms with E-state index in [9.17, 15) is 22.8 Å². The Morgan fingerprint density at radius 1 is 0.900 bits per heavy atom. The van der Waals surface area contributed by atoms with Gasteiger partial charge in [-0.15, -0.1) is 0 Å². The lowest BCUT2D eigenvalue weighted by Gasteiger charge is -2.19. The average Bonchev–Trinajstić information content (AvgIpc) is 3.49. The van der Waals surface area contributed by atoms with Crippen LogP contribution in [0.15, 0.2) is 79.3 Å². The molecule has 3 aromatic heterocycles. The molecule has 3 heterocycles. The highest BCUT2D eigenvalue weighted by molar-refractivity contribution is 6.05. The molecular weight excluding hydrogens is 523 g/mol. The first kappa shape index (κ1) is 26.8. The van der Waals surface area contributed by atoms with E-state index < -0.39 is 29.5 Å². The summed E-state index contributed by atoms with van der Waals surface area (Å²) in [7, 11) is 0. The molecule has 2 aromatic carbocycles. The molecule has 0 aliphatic rings. The molecule has 5 rings (SSSR count). The molecule has 5 aromatic rings. The molecule has 0 radical (unpaired) electrons. The molecule has 0 fully saturated rings. The molecule has 2 amide bonds. The van der Waals surface area contributed by atoms with Crippen molar-refractivity contribution in [3.63, 3.8) is 0 Å². The molecule has 0 spiro atoms. The van der Waals surface area contributed by atoms with Crippen LogP contribution in [0.2, 0.25) is 0 Å². The zero-order valence-electron chi connectivity index (χ0n) is 21.9. The topological polar surface area (TPSA) is 90.2 Å². The maximum absolute atomic E-state index is 12.8. The lowest BCUT2D eigenvalue weighted by Crippen LogP contribution is -2.26. The molecule has 0 aliphatic heterocycles. The number of nitrogens with one attached hydrogen (secondary N) is 2. The number of pyridine rings is 1. The van der Waals surface area contributed by atoms with Crippen LogP contribution < -0.4 is 10.6 Å². The summed E-state index contributed by atoms with van der Waals surface area (Å²) in [6.07, 6.45) is 0.209. The van der Waals surface area contributed by atoms with Gasteiger partial charge in [0.15, 0.2) is 0 Å². The molecule has 0 bridgehead atoms. The van der Waals surface area contributed by atoms with Gasteiger partial charge in [0, 0.05) is 41.6 Å². The predicted octanol–water partition coefficient (Wildman–Crippen LogP) is 7.49. The van der Waals surface area contributed by atoms with Gasteiger partial charge in [-0.1, -0.05) is 6.07 Å². The number of fused-ring (bicyclic) bond motifs is 2. The normalized spacial score (nSPS) is 12.1. The van der Waals surface area contributed by atoms with Gasteiger partial charge in [-0.3, -0.25) is 0 Å². The average molecular weight is 550 g/mol. The Bertz CT molecular complexity index is 1710. The first-order valence-electron chi connectivity index (χ1n) is 12.4. The number of hydrogen-bond donors (Lipinski definition) is 2. The van der Waals surface area contributed by atoms with Crippen LogP contribution in [-0.4, -0.2) is 31.8 Å². The highest BCUT2D eigenvalue weighted by Gasteiger charge is 2.30. The van der Waals surface area contributed by atoms with Crippen LogP contribution in [0.4, 0.5) is 34.1 Å². The minimum atomic E-state index is -4.45. The monoisotopic (exact) mass is 549 g/mol. The van der Waals surface area contributed by atoms with E-state index in [0.717, 1.165) is 34.0 Å². The number of amides is 2. The standard InChI is InChI=1S/C29H26F3N5O3/c1-28(2,3)40-27(39)37-16-13-21-18(11-14-33-25(21)37)17-36-15-12-22-23(5-4-6-24(22)36)35-26(38)34-20-9-7-19(8-10-20)29(30,31)32/h4-16H,17H2,1-3H3,(H2,34,35,38). The number of carbonyl (C=O) groups excluding carboxylic acids is 2. The third-order valence-corrected chi connectivity index (χ3v) is 6.14. The fraction of sp³-hybridized carbons (Fsp3) is 0.207. The number of urea groups is 1. The van der Waals surface area contributed by atoms with Crippen LogP contribution in [0, 0.1) is 0 Å². The van der Waals surface area contributed by atoms with Crippen molar-refractivity contribution in [2.75, 3.05) is 10.6 Å². The van der Waals surface area contributed by atoms with Gasteiger partial charge in [-0.05, 0) is 80.9 Å². The molecule has 8 nitrogen and oxygen atoms in total. The summed E-state index contributed by atoms with van der Waals surface area (Å²) in [4.78, 5) is 29.6. The Labute approximate surface area is 227 Å². The highest BCUT2D eigenvalue weighted by atomic mass is 19.4. The minimum absolute atomic E-state index is 0.232. The summed E-state index contributed by atoms with van der Waals surface area (Å²) in [5, 5.41) is 6.91. The number of rotatable bonds is 4. The van der Waals surface area contributed by atoms with Crippen molar-refractivity contribution in [3.05, 3.63) is 90.4 Å². The molecular formula is C29H26F3N5O3. The van der Waals surface area contributed by atoms with E-state index >= 15 is 0 Å². The van der Waals surface area contributed by atoms with Gasteiger partial charge in [0.2, 0.25) is 0 Å². The SMILES string of the molecule is CC(C)(C)OC(=O)n1ccc2c(Cn3ccc4c(NC(=O)Nc5ccc(C(F)(F)F)cc5)cccc43)ccnc21. The third kappa shape index (κ3) is 5.63. The zero-order valence-corrected chi connectivity index (χ0v) is 21.9. The highest BCUT2D eigenvalue weighted by Crippen LogP contribution is 2.30. The Balaban J connectivity index is 1.35. The molecule has 2 N–H and O–H groups in total.